The van der Waals surface area contributed by atoms with E-state index in [0.29, 0.717) is 31.7 Å². The van der Waals surface area contributed by atoms with Gasteiger partial charge in [-0.25, -0.2) is 0 Å². The van der Waals surface area contributed by atoms with Crippen molar-refractivity contribution in [3.05, 3.63) is 65.7 Å². The highest BCUT2D eigenvalue weighted by atomic mass is 16.5. The molecule has 0 bridgehead atoms. The van der Waals surface area contributed by atoms with Gasteiger partial charge in [-0.2, -0.15) is 0 Å². The predicted octanol–water partition coefficient (Wildman–Crippen LogP) is 3.49. The van der Waals surface area contributed by atoms with Gasteiger partial charge in [-0.1, -0.05) is 30.0 Å². The van der Waals surface area contributed by atoms with Crippen LogP contribution in [-0.2, 0) is 0 Å². The second-order valence-electron chi connectivity index (χ2n) is 8.79. The van der Waals surface area contributed by atoms with Gasteiger partial charge in [-0.3, -0.25) is 4.79 Å². The Kier molecular flexibility index (Phi) is 7.37. The van der Waals surface area contributed by atoms with Crippen LogP contribution in [0.4, 0.5) is 0 Å². The first-order valence-electron chi connectivity index (χ1n) is 10.7. The summed E-state index contributed by atoms with van der Waals surface area (Å²) in [4.78, 5) is 14.9. The van der Waals surface area contributed by atoms with Crippen LogP contribution >= 0.6 is 0 Å². The standard InChI is InChI=1S/C26H31NO4/c1-25(2,30)15-13-21-9-11-22(12-10-21)24(29)27-17-6-14-26(19-27,20-28)16-18-31-23-7-4-3-5-8-23/h3-5,7-12,28,30H,6,14,16-20H2,1-2H3/t26-/m0/s1. The number of ether oxygens (including phenoxy) is 1. The lowest BCUT2D eigenvalue weighted by molar-refractivity contribution is 0.0156. The molecular weight excluding hydrogens is 390 g/mol. The average molecular weight is 422 g/mol. The lowest BCUT2D eigenvalue weighted by Gasteiger charge is -2.42. The van der Waals surface area contributed by atoms with Crippen LogP contribution in [0.15, 0.2) is 54.6 Å². The van der Waals surface area contributed by atoms with E-state index < -0.39 is 5.60 Å². The van der Waals surface area contributed by atoms with E-state index in [-0.39, 0.29) is 17.9 Å². The number of piperidine rings is 1. The summed E-state index contributed by atoms with van der Waals surface area (Å²) in [7, 11) is 0. The number of nitrogens with zero attached hydrogens (tertiary/aromatic N) is 1. The van der Waals surface area contributed by atoms with E-state index in [9.17, 15) is 15.0 Å². The highest BCUT2D eigenvalue weighted by molar-refractivity contribution is 5.94. The van der Waals surface area contributed by atoms with E-state index >= 15 is 0 Å². The van der Waals surface area contributed by atoms with Gasteiger partial charge in [0.1, 0.15) is 11.4 Å². The first kappa shape index (κ1) is 22.9. The highest BCUT2D eigenvalue weighted by Crippen LogP contribution is 2.34. The number of aliphatic hydroxyl groups is 2. The zero-order valence-electron chi connectivity index (χ0n) is 18.3. The molecule has 0 aliphatic carbocycles. The molecule has 164 valence electrons. The van der Waals surface area contributed by atoms with Gasteiger partial charge in [-0.05, 0) is 69.5 Å². The van der Waals surface area contributed by atoms with Crippen molar-refractivity contribution in [2.24, 2.45) is 5.41 Å². The van der Waals surface area contributed by atoms with Crippen molar-refractivity contribution >= 4 is 5.91 Å². The number of amides is 1. The molecule has 0 unspecified atom stereocenters. The molecule has 1 heterocycles. The van der Waals surface area contributed by atoms with Gasteiger partial charge in [0, 0.05) is 29.6 Å². The molecule has 2 aromatic rings. The number of hydrogen-bond acceptors (Lipinski definition) is 4. The lowest BCUT2D eigenvalue weighted by atomic mass is 9.78. The molecular formula is C26H31NO4. The number of carbonyl (C=O) groups excluding carboxylic acids is 1. The molecule has 31 heavy (non-hydrogen) atoms. The van der Waals surface area contributed by atoms with E-state index in [1.165, 1.54) is 0 Å². The molecule has 5 nitrogen and oxygen atoms in total. The number of aliphatic hydroxyl groups excluding tert-OH is 1. The van der Waals surface area contributed by atoms with Crippen molar-refractivity contribution in [3.63, 3.8) is 0 Å². The molecule has 2 aromatic carbocycles. The zero-order valence-corrected chi connectivity index (χ0v) is 18.3. The number of benzene rings is 2. The summed E-state index contributed by atoms with van der Waals surface area (Å²) >= 11 is 0. The molecule has 0 aromatic heterocycles. The van der Waals surface area contributed by atoms with Gasteiger partial charge >= 0.3 is 0 Å². The summed E-state index contributed by atoms with van der Waals surface area (Å²) in [5.41, 5.74) is -0.0517. The van der Waals surface area contributed by atoms with Crippen molar-refractivity contribution in [2.45, 2.75) is 38.7 Å². The first-order valence-corrected chi connectivity index (χ1v) is 10.7. The van der Waals surface area contributed by atoms with E-state index in [4.69, 9.17) is 4.74 Å². The van der Waals surface area contributed by atoms with Crippen molar-refractivity contribution in [1.29, 1.82) is 0 Å². The summed E-state index contributed by atoms with van der Waals surface area (Å²) in [6, 6.07) is 16.8. The van der Waals surface area contributed by atoms with E-state index in [2.05, 4.69) is 11.8 Å². The summed E-state index contributed by atoms with van der Waals surface area (Å²) < 4.78 is 5.83. The van der Waals surface area contributed by atoms with Crippen LogP contribution in [0.3, 0.4) is 0 Å². The predicted molar refractivity (Wildman–Crippen MR) is 121 cm³/mol. The molecule has 1 amide bonds. The molecule has 0 spiro atoms. The molecule has 1 aliphatic heterocycles. The number of carbonyl (C=O) groups is 1. The molecule has 5 heteroatoms. The minimum Gasteiger partial charge on any atom is -0.494 e. The maximum atomic E-state index is 13.1. The van der Waals surface area contributed by atoms with Gasteiger partial charge in [0.05, 0.1) is 13.2 Å². The van der Waals surface area contributed by atoms with E-state index in [1.807, 2.05) is 35.2 Å². The minimum absolute atomic E-state index is 0.0282. The van der Waals surface area contributed by atoms with Crippen LogP contribution in [0.25, 0.3) is 0 Å². The van der Waals surface area contributed by atoms with Crippen LogP contribution in [-0.4, -0.2) is 52.9 Å². The third-order valence-corrected chi connectivity index (χ3v) is 5.57. The average Bonchev–Trinajstić information content (AvgIpc) is 2.78. The molecule has 1 saturated heterocycles. The fourth-order valence-corrected chi connectivity index (χ4v) is 3.80. The van der Waals surface area contributed by atoms with Crippen molar-refractivity contribution in [2.75, 3.05) is 26.3 Å². The quantitative estimate of drug-likeness (QED) is 0.701. The summed E-state index contributed by atoms with van der Waals surface area (Å²) in [5.74, 6) is 6.46. The molecule has 1 fully saturated rings. The molecule has 1 aliphatic rings. The monoisotopic (exact) mass is 421 g/mol. The van der Waals surface area contributed by atoms with Crippen LogP contribution in [0.1, 0.15) is 49.0 Å². The number of hydrogen-bond donors (Lipinski definition) is 2. The molecule has 0 saturated carbocycles. The van der Waals surface area contributed by atoms with Gasteiger partial charge in [0.2, 0.25) is 0 Å². The Hall–Kier alpha value is -2.81. The van der Waals surface area contributed by atoms with E-state index in [1.54, 1.807) is 38.1 Å². The molecule has 1 atom stereocenters. The largest absolute Gasteiger partial charge is 0.494 e. The Labute approximate surface area is 184 Å². The second kappa shape index (κ2) is 10.00. The lowest BCUT2D eigenvalue weighted by Crippen LogP contribution is -2.48. The first-order chi connectivity index (χ1) is 14.8. The Morgan fingerprint density at radius 2 is 1.87 bits per heavy atom. The number of likely N-dealkylation sites (tertiary alicyclic amines) is 1. The molecule has 0 radical (unpaired) electrons. The Balaban J connectivity index is 1.62. The minimum atomic E-state index is -1.06. The second-order valence-corrected chi connectivity index (χ2v) is 8.79. The van der Waals surface area contributed by atoms with Gasteiger partial charge in [0.25, 0.3) is 5.91 Å². The topological polar surface area (TPSA) is 70.0 Å². The third kappa shape index (κ3) is 6.58. The molecule has 2 N–H and O–H groups in total. The SMILES string of the molecule is CC(C)(O)C#Cc1ccc(C(=O)N2CCC[C@](CO)(CCOc3ccccc3)C2)cc1. The number of para-hydroxylation sites is 1. The summed E-state index contributed by atoms with van der Waals surface area (Å²) in [5, 5.41) is 19.9. The zero-order chi connectivity index (χ0) is 22.3. The van der Waals surface area contributed by atoms with Crippen molar-refractivity contribution in [3.8, 4) is 17.6 Å². The van der Waals surface area contributed by atoms with Gasteiger partial charge < -0.3 is 19.8 Å². The summed E-state index contributed by atoms with van der Waals surface area (Å²) in [6.07, 6.45) is 2.41. The fourth-order valence-electron chi connectivity index (χ4n) is 3.80. The maximum absolute atomic E-state index is 13.1. The van der Waals surface area contributed by atoms with Crippen LogP contribution in [0.2, 0.25) is 0 Å². The van der Waals surface area contributed by atoms with Crippen molar-refractivity contribution in [1.82, 2.24) is 4.90 Å². The fraction of sp³-hybridized carbons (Fsp3) is 0.423. The van der Waals surface area contributed by atoms with Crippen molar-refractivity contribution < 1.29 is 19.7 Å². The van der Waals surface area contributed by atoms with Crippen LogP contribution in [0, 0.1) is 17.3 Å². The third-order valence-electron chi connectivity index (χ3n) is 5.57. The Morgan fingerprint density at radius 1 is 1.16 bits per heavy atom. The normalized spacial score (nSPS) is 18.8. The number of rotatable bonds is 6. The summed E-state index contributed by atoms with van der Waals surface area (Å²) in [6.45, 7) is 4.99. The molecule has 3 rings (SSSR count). The van der Waals surface area contributed by atoms with Gasteiger partial charge in [-0.15, -0.1) is 0 Å². The maximum Gasteiger partial charge on any atom is 0.253 e. The Bertz CT molecular complexity index is 922. The van der Waals surface area contributed by atoms with Crippen LogP contribution < -0.4 is 4.74 Å². The van der Waals surface area contributed by atoms with Crippen LogP contribution in [0.5, 0.6) is 5.75 Å². The smallest absolute Gasteiger partial charge is 0.253 e. The van der Waals surface area contributed by atoms with Gasteiger partial charge in [0.15, 0.2) is 0 Å². The Morgan fingerprint density at radius 3 is 2.52 bits per heavy atom. The van der Waals surface area contributed by atoms with E-state index in [0.717, 1.165) is 24.2 Å². The highest BCUT2D eigenvalue weighted by Gasteiger charge is 2.37.